The molecule has 2 rings (SSSR count). The molecule has 0 unspecified atom stereocenters. The number of nitriles is 1. The maximum atomic E-state index is 12.4. The summed E-state index contributed by atoms with van der Waals surface area (Å²) in [6, 6.07) is 11.8. The Morgan fingerprint density at radius 1 is 1.14 bits per heavy atom. The van der Waals surface area contributed by atoms with Crippen molar-refractivity contribution in [1.82, 2.24) is 0 Å². The summed E-state index contributed by atoms with van der Waals surface area (Å²) in [4.78, 5) is 0.132. The number of sulfonamides is 1. The van der Waals surface area contributed by atoms with Crippen LogP contribution >= 0.6 is 15.9 Å². The summed E-state index contributed by atoms with van der Waals surface area (Å²) in [6.07, 6.45) is 0. The summed E-state index contributed by atoms with van der Waals surface area (Å²) in [6.45, 7) is 3.59. The van der Waals surface area contributed by atoms with Crippen LogP contribution in [0.25, 0.3) is 0 Å². The number of anilines is 1. The van der Waals surface area contributed by atoms with Crippen LogP contribution in [0.15, 0.2) is 45.8 Å². The Hall–Kier alpha value is -1.84. The molecule has 0 heterocycles. The number of nitrogens with zero attached hydrogens (tertiary/aromatic N) is 1. The highest BCUT2D eigenvalue weighted by Crippen LogP contribution is 2.28. The summed E-state index contributed by atoms with van der Waals surface area (Å²) >= 11 is 3.37. The molecular formula is C15H13BrN2O2S. The van der Waals surface area contributed by atoms with E-state index < -0.39 is 10.0 Å². The lowest BCUT2D eigenvalue weighted by atomic mass is 10.1. The summed E-state index contributed by atoms with van der Waals surface area (Å²) in [5.41, 5.74) is 2.51. The van der Waals surface area contributed by atoms with Crippen molar-refractivity contribution < 1.29 is 8.42 Å². The summed E-state index contributed by atoms with van der Waals surface area (Å²) in [5, 5.41) is 8.89. The van der Waals surface area contributed by atoms with Crippen LogP contribution in [0.5, 0.6) is 0 Å². The first-order valence-corrected chi connectivity index (χ1v) is 8.41. The van der Waals surface area contributed by atoms with Gasteiger partial charge >= 0.3 is 0 Å². The molecule has 0 aliphatic heterocycles. The second-order valence-electron chi connectivity index (χ2n) is 4.63. The SMILES string of the molecule is Cc1cc(S(=O)(=O)Nc2cccc(C)c2Br)ccc1C#N. The highest BCUT2D eigenvalue weighted by molar-refractivity contribution is 9.10. The number of rotatable bonds is 3. The van der Waals surface area contributed by atoms with Gasteiger partial charge in [-0.2, -0.15) is 5.26 Å². The van der Waals surface area contributed by atoms with E-state index in [1.54, 1.807) is 19.1 Å². The largest absolute Gasteiger partial charge is 0.278 e. The molecule has 21 heavy (non-hydrogen) atoms. The second kappa shape index (κ2) is 5.88. The van der Waals surface area contributed by atoms with Gasteiger partial charge < -0.3 is 0 Å². The monoisotopic (exact) mass is 364 g/mol. The highest BCUT2D eigenvalue weighted by Gasteiger charge is 2.17. The van der Waals surface area contributed by atoms with Crippen molar-refractivity contribution in [2.24, 2.45) is 0 Å². The van der Waals surface area contributed by atoms with E-state index in [1.165, 1.54) is 18.2 Å². The Bertz CT molecular complexity index is 839. The van der Waals surface area contributed by atoms with Gasteiger partial charge in [-0.3, -0.25) is 4.72 Å². The molecule has 2 aromatic carbocycles. The third-order valence-corrected chi connectivity index (χ3v) is 5.48. The number of halogens is 1. The van der Waals surface area contributed by atoms with E-state index in [2.05, 4.69) is 20.7 Å². The van der Waals surface area contributed by atoms with E-state index in [1.807, 2.05) is 19.1 Å². The minimum absolute atomic E-state index is 0.132. The minimum atomic E-state index is -3.69. The van der Waals surface area contributed by atoms with E-state index in [-0.39, 0.29) is 4.90 Å². The topological polar surface area (TPSA) is 70.0 Å². The predicted molar refractivity (Wildman–Crippen MR) is 85.6 cm³/mol. The molecule has 6 heteroatoms. The molecule has 0 aliphatic rings. The molecule has 0 bridgehead atoms. The maximum absolute atomic E-state index is 12.4. The van der Waals surface area contributed by atoms with Crippen LogP contribution < -0.4 is 4.72 Å². The number of hydrogen-bond donors (Lipinski definition) is 1. The first kappa shape index (κ1) is 15.5. The lowest BCUT2D eigenvalue weighted by Gasteiger charge is -2.11. The molecule has 0 spiro atoms. The first-order valence-electron chi connectivity index (χ1n) is 6.14. The van der Waals surface area contributed by atoms with Gasteiger partial charge in [0.25, 0.3) is 10.0 Å². The van der Waals surface area contributed by atoms with Crippen molar-refractivity contribution in [3.8, 4) is 6.07 Å². The van der Waals surface area contributed by atoms with Crippen LogP contribution in [0.1, 0.15) is 16.7 Å². The van der Waals surface area contributed by atoms with Crippen LogP contribution in [0.4, 0.5) is 5.69 Å². The number of aryl methyl sites for hydroxylation is 2. The Kier molecular flexibility index (Phi) is 4.35. The predicted octanol–water partition coefficient (Wildman–Crippen LogP) is 3.74. The van der Waals surface area contributed by atoms with Gasteiger partial charge in [-0.05, 0) is 65.2 Å². The van der Waals surface area contributed by atoms with Gasteiger partial charge in [0.15, 0.2) is 0 Å². The zero-order valence-electron chi connectivity index (χ0n) is 11.5. The van der Waals surface area contributed by atoms with Crippen molar-refractivity contribution in [1.29, 1.82) is 5.26 Å². The average molecular weight is 365 g/mol. The summed E-state index contributed by atoms with van der Waals surface area (Å²) < 4.78 is 28.1. The Balaban J connectivity index is 2.41. The molecule has 0 aliphatic carbocycles. The Morgan fingerprint density at radius 2 is 1.86 bits per heavy atom. The third kappa shape index (κ3) is 3.26. The van der Waals surface area contributed by atoms with E-state index in [0.29, 0.717) is 21.3 Å². The quantitative estimate of drug-likeness (QED) is 0.901. The number of nitrogens with one attached hydrogen (secondary N) is 1. The highest BCUT2D eigenvalue weighted by atomic mass is 79.9. The smallest absolute Gasteiger partial charge is 0.261 e. The van der Waals surface area contributed by atoms with Gasteiger partial charge in [-0.25, -0.2) is 8.42 Å². The fourth-order valence-electron chi connectivity index (χ4n) is 1.86. The number of hydrogen-bond acceptors (Lipinski definition) is 3. The van der Waals surface area contributed by atoms with Crippen molar-refractivity contribution in [3.63, 3.8) is 0 Å². The van der Waals surface area contributed by atoms with Crippen molar-refractivity contribution >= 4 is 31.6 Å². The molecule has 4 nitrogen and oxygen atoms in total. The zero-order valence-corrected chi connectivity index (χ0v) is 13.9. The molecule has 0 fully saturated rings. The van der Waals surface area contributed by atoms with E-state index in [4.69, 9.17) is 5.26 Å². The molecule has 0 atom stereocenters. The third-order valence-electron chi connectivity index (χ3n) is 3.06. The standard InChI is InChI=1S/C15H13BrN2O2S/c1-10-4-3-5-14(15(10)16)18-21(19,20)13-7-6-12(9-17)11(2)8-13/h3-8,18H,1-2H3. The Morgan fingerprint density at radius 3 is 2.48 bits per heavy atom. The van der Waals surface area contributed by atoms with Gasteiger partial charge in [-0.15, -0.1) is 0 Å². The van der Waals surface area contributed by atoms with E-state index in [9.17, 15) is 8.42 Å². The molecular weight excluding hydrogens is 352 g/mol. The average Bonchev–Trinajstić information content (AvgIpc) is 2.43. The zero-order chi connectivity index (χ0) is 15.6. The van der Waals surface area contributed by atoms with Crippen molar-refractivity contribution in [2.75, 3.05) is 4.72 Å². The molecule has 108 valence electrons. The molecule has 0 saturated heterocycles. The van der Waals surface area contributed by atoms with Gasteiger partial charge in [0.2, 0.25) is 0 Å². The normalized spacial score (nSPS) is 11.0. The Labute approximate surface area is 132 Å². The van der Waals surface area contributed by atoms with E-state index in [0.717, 1.165) is 5.56 Å². The lowest BCUT2D eigenvalue weighted by Crippen LogP contribution is -2.13. The molecule has 0 radical (unpaired) electrons. The molecule has 0 aromatic heterocycles. The van der Waals surface area contributed by atoms with Crippen LogP contribution in [0, 0.1) is 25.2 Å². The van der Waals surface area contributed by atoms with E-state index >= 15 is 0 Å². The van der Waals surface area contributed by atoms with Crippen LogP contribution in [-0.4, -0.2) is 8.42 Å². The second-order valence-corrected chi connectivity index (χ2v) is 7.11. The van der Waals surface area contributed by atoms with Gasteiger partial charge in [0.05, 0.1) is 22.2 Å². The maximum Gasteiger partial charge on any atom is 0.261 e. The fraction of sp³-hybridized carbons (Fsp3) is 0.133. The van der Waals surface area contributed by atoms with Gasteiger partial charge in [0, 0.05) is 4.47 Å². The first-order chi connectivity index (χ1) is 9.85. The fourth-order valence-corrected chi connectivity index (χ4v) is 3.51. The molecule has 2 aromatic rings. The number of benzene rings is 2. The van der Waals surface area contributed by atoms with Crippen LogP contribution in [-0.2, 0) is 10.0 Å². The van der Waals surface area contributed by atoms with Crippen molar-refractivity contribution in [3.05, 3.63) is 57.6 Å². The summed E-state index contributed by atoms with van der Waals surface area (Å²) in [5.74, 6) is 0. The molecule has 0 saturated carbocycles. The van der Waals surface area contributed by atoms with Crippen molar-refractivity contribution in [2.45, 2.75) is 18.7 Å². The molecule has 1 N–H and O–H groups in total. The van der Waals surface area contributed by atoms with Crippen LogP contribution in [0.2, 0.25) is 0 Å². The minimum Gasteiger partial charge on any atom is -0.278 e. The van der Waals surface area contributed by atoms with Gasteiger partial charge in [-0.1, -0.05) is 12.1 Å². The lowest BCUT2D eigenvalue weighted by molar-refractivity contribution is 0.601. The van der Waals surface area contributed by atoms with Gasteiger partial charge in [0.1, 0.15) is 0 Å². The van der Waals surface area contributed by atoms with Crippen LogP contribution in [0.3, 0.4) is 0 Å². The summed E-state index contributed by atoms with van der Waals surface area (Å²) in [7, 11) is -3.69. The molecule has 0 amide bonds.